The third-order valence-corrected chi connectivity index (χ3v) is 3.73. The summed E-state index contributed by atoms with van der Waals surface area (Å²) in [6, 6.07) is 7.35. The van der Waals surface area contributed by atoms with Gasteiger partial charge < -0.3 is 10.0 Å². The number of hydrogen-bond acceptors (Lipinski definition) is 2. The van der Waals surface area contributed by atoms with E-state index in [1.54, 1.807) is 12.1 Å². The Morgan fingerprint density at radius 1 is 1.44 bits per heavy atom. The summed E-state index contributed by atoms with van der Waals surface area (Å²) >= 11 is 5.81. The summed E-state index contributed by atoms with van der Waals surface area (Å²) < 4.78 is 0. The van der Waals surface area contributed by atoms with Gasteiger partial charge in [-0.3, -0.25) is 4.79 Å². The van der Waals surface area contributed by atoms with Crippen LogP contribution in [0.15, 0.2) is 24.3 Å². The number of carbonyl (C=O) groups excluding carboxylic acids is 1. The van der Waals surface area contributed by atoms with Crippen LogP contribution in [0.25, 0.3) is 0 Å². The van der Waals surface area contributed by atoms with Crippen LogP contribution in [0.1, 0.15) is 18.9 Å². The summed E-state index contributed by atoms with van der Waals surface area (Å²) in [4.78, 5) is 14.0. The number of halogens is 1. The lowest BCUT2D eigenvalue weighted by Gasteiger charge is -2.34. The van der Waals surface area contributed by atoms with Gasteiger partial charge >= 0.3 is 0 Å². The van der Waals surface area contributed by atoms with E-state index >= 15 is 0 Å². The average molecular weight is 268 g/mol. The van der Waals surface area contributed by atoms with E-state index in [2.05, 4.69) is 0 Å². The maximum Gasteiger partial charge on any atom is 0.227 e. The Morgan fingerprint density at radius 2 is 2.11 bits per heavy atom. The average Bonchev–Trinajstić information content (AvgIpc) is 2.35. The minimum Gasteiger partial charge on any atom is -0.393 e. The molecule has 1 aliphatic rings. The largest absolute Gasteiger partial charge is 0.393 e. The molecule has 1 saturated heterocycles. The maximum atomic E-state index is 12.1. The van der Waals surface area contributed by atoms with Crippen molar-refractivity contribution in [1.29, 1.82) is 0 Å². The van der Waals surface area contributed by atoms with Crippen molar-refractivity contribution in [3.8, 4) is 0 Å². The molecule has 1 N–H and O–H groups in total. The number of carbonyl (C=O) groups is 1. The second-order valence-corrected chi connectivity index (χ2v) is 5.41. The summed E-state index contributed by atoms with van der Waals surface area (Å²) in [7, 11) is 0. The van der Waals surface area contributed by atoms with Gasteiger partial charge in [0.25, 0.3) is 0 Å². The van der Waals surface area contributed by atoms with E-state index < -0.39 is 0 Å². The highest BCUT2D eigenvalue weighted by Gasteiger charge is 2.26. The lowest BCUT2D eigenvalue weighted by Crippen LogP contribution is -2.45. The predicted octanol–water partition coefficient (Wildman–Crippen LogP) is 2.11. The molecule has 4 heteroatoms. The highest BCUT2D eigenvalue weighted by molar-refractivity contribution is 6.30. The summed E-state index contributed by atoms with van der Waals surface area (Å²) in [6.07, 6.45) is 0.803. The summed E-state index contributed by atoms with van der Waals surface area (Å²) in [5.74, 6) is 0.281. The molecule has 18 heavy (non-hydrogen) atoms. The van der Waals surface area contributed by atoms with E-state index in [0.717, 1.165) is 5.56 Å². The Labute approximate surface area is 112 Å². The molecule has 3 nitrogen and oxygen atoms in total. The van der Waals surface area contributed by atoms with Gasteiger partial charge in [0, 0.05) is 18.1 Å². The van der Waals surface area contributed by atoms with E-state index in [-0.39, 0.29) is 17.9 Å². The number of nitrogens with zero attached hydrogens (tertiary/aromatic N) is 1. The second kappa shape index (κ2) is 5.72. The van der Waals surface area contributed by atoms with Crippen molar-refractivity contribution in [2.75, 3.05) is 13.1 Å². The number of aliphatic hydroxyl groups is 1. The Bertz CT molecular complexity index is 418. The highest BCUT2D eigenvalue weighted by atomic mass is 35.5. The maximum absolute atomic E-state index is 12.1. The van der Waals surface area contributed by atoms with Gasteiger partial charge in [0.15, 0.2) is 0 Å². The molecule has 0 radical (unpaired) electrons. The molecule has 1 aromatic carbocycles. The smallest absolute Gasteiger partial charge is 0.227 e. The zero-order valence-electron chi connectivity index (χ0n) is 10.5. The minimum absolute atomic E-state index is 0.121. The van der Waals surface area contributed by atoms with Crippen LogP contribution in [0.2, 0.25) is 5.02 Å². The van der Waals surface area contributed by atoms with Crippen LogP contribution in [-0.2, 0) is 11.2 Å². The van der Waals surface area contributed by atoms with Crippen LogP contribution in [0, 0.1) is 5.92 Å². The van der Waals surface area contributed by atoms with Gasteiger partial charge in [0.2, 0.25) is 5.91 Å². The third kappa shape index (κ3) is 3.24. The molecule has 1 aromatic rings. The van der Waals surface area contributed by atoms with E-state index in [0.29, 0.717) is 31.0 Å². The monoisotopic (exact) mass is 267 g/mol. The van der Waals surface area contributed by atoms with E-state index in [1.807, 2.05) is 24.0 Å². The lowest BCUT2D eigenvalue weighted by atomic mass is 9.96. The first-order valence-electron chi connectivity index (χ1n) is 6.26. The molecule has 0 bridgehead atoms. The molecule has 0 spiro atoms. The number of piperidine rings is 1. The SMILES string of the molecule is CC1CN(C(=O)Cc2ccc(Cl)cc2)CCC1O. The van der Waals surface area contributed by atoms with Gasteiger partial charge in [-0.1, -0.05) is 30.7 Å². The fourth-order valence-electron chi connectivity index (χ4n) is 2.25. The quantitative estimate of drug-likeness (QED) is 0.892. The first kappa shape index (κ1) is 13.4. The highest BCUT2D eigenvalue weighted by Crippen LogP contribution is 2.18. The Morgan fingerprint density at radius 3 is 2.72 bits per heavy atom. The van der Waals surface area contributed by atoms with Crippen molar-refractivity contribution in [2.24, 2.45) is 5.92 Å². The first-order chi connectivity index (χ1) is 8.56. The van der Waals surface area contributed by atoms with Crippen molar-refractivity contribution in [3.63, 3.8) is 0 Å². The number of benzene rings is 1. The molecule has 2 rings (SSSR count). The number of hydrogen-bond donors (Lipinski definition) is 1. The topological polar surface area (TPSA) is 40.5 Å². The van der Waals surface area contributed by atoms with Crippen LogP contribution in [0.5, 0.6) is 0 Å². The molecule has 98 valence electrons. The predicted molar refractivity (Wildman–Crippen MR) is 71.5 cm³/mol. The van der Waals surface area contributed by atoms with Gasteiger partial charge in [0.05, 0.1) is 12.5 Å². The van der Waals surface area contributed by atoms with Crippen molar-refractivity contribution in [1.82, 2.24) is 4.90 Å². The first-order valence-corrected chi connectivity index (χ1v) is 6.64. The van der Waals surface area contributed by atoms with Crippen molar-refractivity contribution in [3.05, 3.63) is 34.9 Å². The number of aliphatic hydroxyl groups excluding tert-OH is 1. The fraction of sp³-hybridized carbons (Fsp3) is 0.500. The van der Waals surface area contributed by atoms with Gasteiger partial charge in [-0.25, -0.2) is 0 Å². The molecule has 0 aliphatic carbocycles. The number of likely N-dealkylation sites (tertiary alicyclic amines) is 1. The summed E-state index contributed by atoms with van der Waals surface area (Å²) in [6.45, 7) is 3.28. The number of rotatable bonds is 2. The van der Waals surface area contributed by atoms with Gasteiger partial charge in [-0.2, -0.15) is 0 Å². The van der Waals surface area contributed by atoms with Crippen LogP contribution >= 0.6 is 11.6 Å². The lowest BCUT2D eigenvalue weighted by molar-refractivity contribution is -0.133. The van der Waals surface area contributed by atoms with E-state index in [9.17, 15) is 9.90 Å². The second-order valence-electron chi connectivity index (χ2n) is 4.98. The van der Waals surface area contributed by atoms with E-state index in [4.69, 9.17) is 11.6 Å². The normalized spacial score (nSPS) is 24.1. The molecular formula is C14H18ClNO2. The van der Waals surface area contributed by atoms with Crippen LogP contribution in [0.4, 0.5) is 0 Å². The molecule has 0 saturated carbocycles. The standard InChI is InChI=1S/C14H18ClNO2/c1-10-9-16(7-6-13(10)17)14(18)8-11-2-4-12(15)5-3-11/h2-5,10,13,17H,6-9H2,1H3. The Balaban J connectivity index is 1.94. The fourth-order valence-corrected chi connectivity index (χ4v) is 2.37. The van der Waals surface area contributed by atoms with E-state index in [1.165, 1.54) is 0 Å². The Kier molecular flexibility index (Phi) is 4.25. The molecule has 1 fully saturated rings. The molecule has 2 atom stereocenters. The molecule has 1 aliphatic heterocycles. The summed E-state index contributed by atoms with van der Waals surface area (Å²) in [5.41, 5.74) is 0.975. The van der Waals surface area contributed by atoms with Crippen molar-refractivity contribution < 1.29 is 9.90 Å². The zero-order chi connectivity index (χ0) is 13.1. The van der Waals surface area contributed by atoms with Crippen LogP contribution in [0.3, 0.4) is 0 Å². The van der Waals surface area contributed by atoms with Gasteiger partial charge in [-0.05, 0) is 30.0 Å². The molecular weight excluding hydrogens is 250 g/mol. The number of amides is 1. The third-order valence-electron chi connectivity index (χ3n) is 3.48. The minimum atomic E-state index is -0.274. The molecule has 1 amide bonds. The van der Waals surface area contributed by atoms with Gasteiger partial charge in [-0.15, -0.1) is 0 Å². The van der Waals surface area contributed by atoms with Crippen molar-refractivity contribution in [2.45, 2.75) is 25.9 Å². The summed E-state index contributed by atoms with van der Waals surface area (Å²) in [5, 5.41) is 10.3. The Hall–Kier alpha value is -1.06. The van der Waals surface area contributed by atoms with Gasteiger partial charge in [0.1, 0.15) is 0 Å². The zero-order valence-corrected chi connectivity index (χ0v) is 11.2. The van der Waals surface area contributed by atoms with Crippen LogP contribution in [-0.4, -0.2) is 35.1 Å². The van der Waals surface area contributed by atoms with Crippen LogP contribution < -0.4 is 0 Å². The molecule has 0 aromatic heterocycles. The molecule has 2 unspecified atom stereocenters. The van der Waals surface area contributed by atoms with Crippen molar-refractivity contribution >= 4 is 17.5 Å². The molecule has 1 heterocycles.